The van der Waals surface area contributed by atoms with E-state index in [-0.39, 0.29) is 0 Å². The number of nitrogens with zero attached hydrogens (tertiary/aromatic N) is 2. The maximum Gasteiger partial charge on any atom is 0.0522 e. The van der Waals surface area contributed by atoms with Crippen LogP contribution in [0, 0.1) is 13.8 Å². The van der Waals surface area contributed by atoms with Crippen LogP contribution in [0.15, 0.2) is 194 Å². The number of aryl methyl sites for hydroxylation is 6. The molecule has 0 atom stereocenters. The van der Waals surface area contributed by atoms with E-state index < -0.39 is 0 Å². The Kier molecular flexibility index (Phi) is 12.5. The second-order valence-corrected chi connectivity index (χ2v) is 15.6. The van der Waals surface area contributed by atoms with Crippen LogP contribution in [0.4, 0.5) is 34.1 Å². The SMILES string of the molecule is CCc1cccc(C)c1N(c1ccc(/C=C/c2ccccc2)cc1)c1ccc(-c2ccc(N(c3ccc(CCc4ccccc4)cc3)c3c(C)cccc3CC)cc2)cc1. The van der Waals surface area contributed by atoms with E-state index in [9.17, 15) is 0 Å². The standard InChI is InChI=1S/C58H54N2/c1-5-49-21-13-15-43(3)57(49)59(53-35-27-47(28-36-53)25-23-45-17-9-7-10-18-45)55-39-31-51(32-40-55)52-33-41-56(42-34-52)60(58-44(4)16-14-22-50(58)6-2)54-37-29-48(30-38-54)26-24-46-19-11-8-12-20-46/h7-23,25,27-42H,5-6,24,26H2,1-4H3/b25-23+. The molecule has 2 nitrogen and oxygen atoms in total. The highest BCUT2D eigenvalue weighted by Crippen LogP contribution is 2.42. The van der Waals surface area contributed by atoms with Gasteiger partial charge in [0.15, 0.2) is 0 Å². The summed E-state index contributed by atoms with van der Waals surface area (Å²) < 4.78 is 0. The molecular formula is C58H54N2. The average Bonchev–Trinajstić information content (AvgIpc) is 3.30. The minimum Gasteiger partial charge on any atom is -0.310 e. The van der Waals surface area contributed by atoms with Gasteiger partial charge in [-0.15, -0.1) is 0 Å². The number of hydrogen-bond donors (Lipinski definition) is 0. The minimum atomic E-state index is 0.952. The summed E-state index contributed by atoms with van der Waals surface area (Å²) in [6.45, 7) is 8.94. The van der Waals surface area contributed by atoms with Gasteiger partial charge in [0.25, 0.3) is 0 Å². The van der Waals surface area contributed by atoms with Crippen molar-refractivity contribution in [2.45, 2.75) is 53.4 Å². The summed E-state index contributed by atoms with van der Waals surface area (Å²) in [5.41, 5.74) is 19.8. The molecule has 296 valence electrons. The van der Waals surface area contributed by atoms with Crippen molar-refractivity contribution in [1.82, 2.24) is 0 Å². The van der Waals surface area contributed by atoms with Gasteiger partial charge < -0.3 is 9.80 Å². The highest BCUT2D eigenvalue weighted by Gasteiger charge is 2.20. The van der Waals surface area contributed by atoms with Gasteiger partial charge in [-0.1, -0.05) is 172 Å². The van der Waals surface area contributed by atoms with E-state index in [2.05, 4.69) is 244 Å². The second-order valence-electron chi connectivity index (χ2n) is 15.6. The third-order valence-corrected chi connectivity index (χ3v) is 11.6. The predicted octanol–water partition coefficient (Wildman–Crippen LogP) is 16.0. The molecule has 60 heavy (non-hydrogen) atoms. The monoisotopic (exact) mass is 778 g/mol. The van der Waals surface area contributed by atoms with Crippen LogP contribution in [-0.2, 0) is 25.7 Å². The molecule has 2 heteroatoms. The Hall–Kier alpha value is -6.90. The first kappa shape index (κ1) is 39.9. The van der Waals surface area contributed by atoms with E-state index >= 15 is 0 Å². The van der Waals surface area contributed by atoms with Crippen LogP contribution in [0.25, 0.3) is 23.3 Å². The van der Waals surface area contributed by atoms with Crippen molar-refractivity contribution >= 4 is 46.3 Å². The van der Waals surface area contributed by atoms with Crippen LogP contribution in [0.1, 0.15) is 58.4 Å². The normalized spacial score (nSPS) is 11.2. The van der Waals surface area contributed by atoms with Crippen LogP contribution in [0.3, 0.4) is 0 Å². The molecule has 8 aromatic carbocycles. The highest BCUT2D eigenvalue weighted by atomic mass is 15.2. The molecule has 0 spiro atoms. The molecule has 8 aromatic rings. The Bertz CT molecular complexity index is 2640. The third-order valence-electron chi connectivity index (χ3n) is 11.6. The van der Waals surface area contributed by atoms with E-state index in [0.29, 0.717) is 0 Å². The molecule has 0 aromatic heterocycles. The Morgan fingerprint density at radius 1 is 0.350 bits per heavy atom. The van der Waals surface area contributed by atoms with E-state index in [1.165, 1.54) is 72.7 Å². The molecule has 0 aliphatic carbocycles. The summed E-state index contributed by atoms with van der Waals surface area (Å²) in [5.74, 6) is 0. The van der Waals surface area contributed by atoms with Gasteiger partial charge in [0, 0.05) is 22.7 Å². The van der Waals surface area contributed by atoms with Crippen molar-refractivity contribution < 1.29 is 0 Å². The molecule has 0 saturated carbocycles. The average molecular weight is 779 g/mol. The first-order chi connectivity index (χ1) is 29.5. The molecule has 0 unspecified atom stereocenters. The highest BCUT2D eigenvalue weighted by molar-refractivity contribution is 5.84. The number of hydrogen-bond acceptors (Lipinski definition) is 2. The molecule has 8 rings (SSSR count). The molecule has 0 aliphatic heterocycles. The van der Waals surface area contributed by atoms with Crippen molar-refractivity contribution in [2.75, 3.05) is 9.80 Å². The van der Waals surface area contributed by atoms with Crippen LogP contribution >= 0.6 is 0 Å². The molecule has 0 N–H and O–H groups in total. The maximum atomic E-state index is 2.44. The molecule has 0 heterocycles. The lowest BCUT2D eigenvalue weighted by Gasteiger charge is -2.30. The van der Waals surface area contributed by atoms with Gasteiger partial charge in [-0.05, 0) is 144 Å². The summed E-state index contributed by atoms with van der Waals surface area (Å²) in [6.07, 6.45) is 8.32. The van der Waals surface area contributed by atoms with Gasteiger partial charge in [0.05, 0.1) is 11.4 Å². The third kappa shape index (κ3) is 9.04. The van der Waals surface area contributed by atoms with Crippen molar-refractivity contribution in [3.63, 3.8) is 0 Å². The Morgan fingerprint density at radius 2 is 0.717 bits per heavy atom. The summed E-state index contributed by atoms with van der Waals surface area (Å²) in [5, 5.41) is 0. The van der Waals surface area contributed by atoms with Crippen molar-refractivity contribution in [1.29, 1.82) is 0 Å². The van der Waals surface area contributed by atoms with E-state index in [1.807, 2.05) is 0 Å². The molecule has 0 saturated heterocycles. The summed E-state index contributed by atoms with van der Waals surface area (Å²) in [4.78, 5) is 4.86. The van der Waals surface area contributed by atoms with Crippen molar-refractivity contribution in [3.05, 3.63) is 239 Å². The second kappa shape index (κ2) is 18.8. The molecule has 0 amide bonds. The lowest BCUT2D eigenvalue weighted by atomic mass is 10.00. The van der Waals surface area contributed by atoms with Crippen molar-refractivity contribution in [2.24, 2.45) is 0 Å². The van der Waals surface area contributed by atoms with Gasteiger partial charge >= 0.3 is 0 Å². The van der Waals surface area contributed by atoms with Crippen molar-refractivity contribution in [3.8, 4) is 11.1 Å². The zero-order chi connectivity index (χ0) is 41.3. The Labute approximate surface area is 357 Å². The van der Waals surface area contributed by atoms with Crippen LogP contribution < -0.4 is 9.80 Å². The van der Waals surface area contributed by atoms with Crippen LogP contribution in [-0.4, -0.2) is 0 Å². The van der Waals surface area contributed by atoms with E-state index in [0.717, 1.165) is 42.7 Å². The van der Waals surface area contributed by atoms with Crippen LogP contribution in [0.2, 0.25) is 0 Å². The lowest BCUT2D eigenvalue weighted by Crippen LogP contribution is -2.14. The number of anilines is 6. The summed E-state index contributed by atoms with van der Waals surface area (Å²) in [7, 11) is 0. The Balaban J connectivity index is 1.09. The lowest BCUT2D eigenvalue weighted by molar-refractivity contribution is 0.960. The first-order valence-electron chi connectivity index (χ1n) is 21.4. The molecular weight excluding hydrogens is 725 g/mol. The number of benzene rings is 8. The largest absolute Gasteiger partial charge is 0.310 e. The zero-order valence-electron chi connectivity index (χ0n) is 35.4. The number of rotatable bonds is 14. The molecule has 0 fully saturated rings. The number of para-hydroxylation sites is 2. The zero-order valence-corrected chi connectivity index (χ0v) is 35.4. The molecule has 0 radical (unpaired) electrons. The van der Waals surface area contributed by atoms with Gasteiger partial charge in [-0.3, -0.25) is 0 Å². The van der Waals surface area contributed by atoms with Gasteiger partial charge in [0.1, 0.15) is 0 Å². The maximum absolute atomic E-state index is 2.44. The first-order valence-corrected chi connectivity index (χ1v) is 21.4. The Morgan fingerprint density at radius 3 is 1.15 bits per heavy atom. The van der Waals surface area contributed by atoms with Gasteiger partial charge in [-0.2, -0.15) is 0 Å². The van der Waals surface area contributed by atoms with Gasteiger partial charge in [-0.25, -0.2) is 0 Å². The quantitative estimate of drug-likeness (QED) is 0.101. The van der Waals surface area contributed by atoms with Crippen LogP contribution in [0.5, 0.6) is 0 Å². The fraction of sp³-hybridized carbons (Fsp3) is 0.138. The summed E-state index contributed by atoms with van der Waals surface area (Å²) >= 11 is 0. The van der Waals surface area contributed by atoms with Gasteiger partial charge in [0.2, 0.25) is 0 Å². The fourth-order valence-corrected chi connectivity index (χ4v) is 8.31. The smallest absolute Gasteiger partial charge is 0.0522 e. The topological polar surface area (TPSA) is 6.48 Å². The predicted molar refractivity (Wildman–Crippen MR) is 259 cm³/mol. The van der Waals surface area contributed by atoms with E-state index in [4.69, 9.17) is 0 Å². The molecule has 0 bridgehead atoms. The molecule has 0 aliphatic rings. The summed E-state index contributed by atoms with van der Waals surface area (Å²) in [6, 6.07) is 70.8. The minimum absolute atomic E-state index is 0.952. The van der Waals surface area contributed by atoms with E-state index in [1.54, 1.807) is 0 Å². The fourth-order valence-electron chi connectivity index (χ4n) is 8.31.